The zero-order chi connectivity index (χ0) is 20.4. The molecule has 0 aliphatic rings. The fourth-order valence-electron chi connectivity index (χ4n) is 3.49. The Morgan fingerprint density at radius 2 is 1.86 bits per heavy atom. The van der Waals surface area contributed by atoms with Crippen LogP contribution in [-0.4, -0.2) is 22.4 Å². The fourth-order valence-corrected chi connectivity index (χ4v) is 4.34. The van der Waals surface area contributed by atoms with Crippen LogP contribution >= 0.6 is 11.3 Å². The van der Waals surface area contributed by atoms with Gasteiger partial charge < -0.3 is 9.73 Å². The molecule has 1 N–H and O–H groups in total. The van der Waals surface area contributed by atoms with Gasteiger partial charge in [0.25, 0.3) is 5.91 Å². The first kappa shape index (κ1) is 19.3. The molecule has 0 atom stereocenters. The number of fused-ring (bicyclic) bond motifs is 1. The second kappa shape index (κ2) is 8.17. The van der Waals surface area contributed by atoms with Crippen molar-refractivity contribution in [3.8, 4) is 11.3 Å². The number of carbonyl (C=O) groups is 1. The molecule has 3 heterocycles. The van der Waals surface area contributed by atoms with Gasteiger partial charge in [0.1, 0.15) is 5.58 Å². The molecular formula is C23H23N3O2S. The molecule has 6 heteroatoms. The Labute approximate surface area is 173 Å². The molecule has 29 heavy (non-hydrogen) atoms. The molecule has 1 aromatic carbocycles. The monoisotopic (exact) mass is 405 g/mol. The molecule has 148 valence electrons. The number of hydrogen-bond donors (Lipinski definition) is 1. The Bertz CT molecular complexity index is 1160. The predicted molar refractivity (Wildman–Crippen MR) is 116 cm³/mol. The lowest BCUT2D eigenvalue weighted by atomic mass is 10.0. The van der Waals surface area contributed by atoms with Crippen LogP contribution in [0.25, 0.3) is 22.2 Å². The summed E-state index contributed by atoms with van der Waals surface area (Å²) in [5.74, 6) is 0.251. The van der Waals surface area contributed by atoms with E-state index in [2.05, 4.69) is 26.7 Å². The highest BCUT2D eigenvalue weighted by molar-refractivity contribution is 7.09. The van der Waals surface area contributed by atoms with E-state index in [1.54, 1.807) is 23.7 Å². The standard InChI is InChI=1S/C23H23N3O2S/c1-14-6-7-15(2)21-20(14)16(3)22(28-21)23(27)25-10-4-5-19-26-18(13-29-19)17-8-11-24-12-9-17/h6-9,11-13H,4-5,10H2,1-3H3,(H,25,27). The molecule has 4 rings (SSSR count). The van der Waals surface area contributed by atoms with Gasteiger partial charge in [-0.05, 0) is 50.5 Å². The Morgan fingerprint density at radius 3 is 2.62 bits per heavy atom. The summed E-state index contributed by atoms with van der Waals surface area (Å²) >= 11 is 1.65. The molecule has 1 amide bonds. The Morgan fingerprint density at radius 1 is 1.10 bits per heavy atom. The number of furan rings is 1. The van der Waals surface area contributed by atoms with Gasteiger partial charge in [0.05, 0.1) is 10.7 Å². The summed E-state index contributed by atoms with van der Waals surface area (Å²) in [6.07, 6.45) is 5.19. The summed E-state index contributed by atoms with van der Waals surface area (Å²) in [7, 11) is 0. The number of hydrogen-bond acceptors (Lipinski definition) is 5. The van der Waals surface area contributed by atoms with Gasteiger partial charge in [-0.25, -0.2) is 4.98 Å². The molecule has 0 saturated carbocycles. The molecule has 0 fully saturated rings. The van der Waals surface area contributed by atoms with E-state index in [1.165, 1.54) is 0 Å². The van der Waals surface area contributed by atoms with Crippen molar-refractivity contribution in [2.45, 2.75) is 33.6 Å². The normalized spacial score (nSPS) is 11.1. The van der Waals surface area contributed by atoms with Gasteiger partial charge in [-0.2, -0.15) is 0 Å². The molecule has 4 aromatic rings. The second-order valence-corrected chi connectivity index (χ2v) is 8.12. The molecule has 0 unspecified atom stereocenters. The third-order valence-corrected chi connectivity index (χ3v) is 5.98. The van der Waals surface area contributed by atoms with E-state index < -0.39 is 0 Å². The smallest absolute Gasteiger partial charge is 0.287 e. The third kappa shape index (κ3) is 3.93. The summed E-state index contributed by atoms with van der Waals surface area (Å²) in [4.78, 5) is 21.3. The summed E-state index contributed by atoms with van der Waals surface area (Å²) in [5, 5.41) is 7.16. The van der Waals surface area contributed by atoms with Crippen LogP contribution in [-0.2, 0) is 6.42 Å². The lowest BCUT2D eigenvalue weighted by Crippen LogP contribution is -2.24. The van der Waals surface area contributed by atoms with Crippen LogP contribution in [0.15, 0.2) is 46.5 Å². The number of aromatic nitrogens is 2. The minimum Gasteiger partial charge on any atom is -0.450 e. The fraction of sp³-hybridized carbons (Fsp3) is 0.261. The molecule has 0 bridgehead atoms. The first-order chi connectivity index (χ1) is 14.0. The number of thiazole rings is 1. The number of pyridine rings is 1. The van der Waals surface area contributed by atoms with Gasteiger partial charge in [-0.3, -0.25) is 9.78 Å². The molecule has 0 aliphatic carbocycles. The molecule has 0 saturated heterocycles. The van der Waals surface area contributed by atoms with Gasteiger partial charge in [-0.1, -0.05) is 12.1 Å². The Hall–Kier alpha value is -2.99. The number of carbonyl (C=O) groups excluding carboxylic acids is 1. The minimum atomic E-state index is -0.158. The van der Waals surface area contributed by atoms with Crippen LogP contribution in [0.2, 0.25) is 0 Å². The van der Waals surface area contributed by atoms with Crippen LogP contribution in [0.5, 0.6) is 0 Å². The van der Waals surface area contributed by atoms with Crippen LogP contribution < -0.4 is 5.32 Å². The van der Waals surface area contributed by atoms with E-state index in [-0.39, 0.29) is 5.91 Å². The average Bonchev–Trinajstić information content (AvgIpc) is 3.34. The van der Waals surface area contributed by atoms with Gasteiger partial charge in [0.2, 0.25) is 0 Å². The van der Waals surface area contributed by atoms with Crippen LogP contribution in [0.1, 0.15) is 38.7 Å². The topological polar surface area (TPSA) is 68.0 Å². The van der Waals surface area contributed by atoms with Crippen molar-refractivity contribution in [1.29, 1.82) is 0 Å². The highest BCUT2D eigenvalue weighted by Gasteiger charge is 2.19. The average molecular weight is 406 g/mol. The maximum atomic E-state index is 12.6. The maximum Gasteiger partial charge on any atom is 0.287 e. The summed E-state index contributed by atoms with van der Waals surface area (Å²) in [6, 6.07) is 8.00. The van der Waals surface area contributed by atoms with Gasteiger partial charge in [0.15, 0.2) is 5.76 Å². The zero-order valence-corrected chi connectivity index (χ0v) is 17.6. The molecule has 5 nitrogen and oxygen atoms in total. The molecule has 0 spiro atoms. The first-order valence-corrected chi connectivity index (χ1v) is 10.5. The summed E-state index contributed by atoms with van der Waals surface area (Å²) in [5.41, 5.74) is 5.92. The largest absolute Gasteiger partial charge is 0.450 e. The van der Waals surface area contributed by atoms with E-state index in [0.29, 0.717) is 12.3 Å². The molecule has 3 aromatic heterocycles. The lowest BCUT2D eigenvalue weighted by Gasteiger charge is -2.03. The van der Waals surface area contributed by atoms with E-state index >= 15 is 0 Å². The lowest BCUT2D eigenvalue weighted by molar-refractivity contribution is 0.0927. The Kier molecular flexibility index (Phi) is 5.45. The van der Waals surface area contributed by atoms with Crippen LogP contribution in [0, 0.1) is 20.8 Å². The summed E-state index contributed by atoms with van der Waals surface area (Å²) in [6.45, 7) is 6.57. The highest BCUT2D eigenvalue weighted by Crippen LogP contribution is 2.30. The SMILES string of the molecule is Cc1ccc(C)c2c(C)c(C(=O)NCCCc3nc(-c4ccncc4)cs3)oc12. The van der Waals surface area contributed by atoms with Crippen LogP contribution in [0.4, 0.5) is 0 Å². The van der Waals surface area contributed by atoms with Crippen molar-refractivity contribution in [3.05, 3.63) is 69.5 Å². The van der Waals surface area contributed by atoms with Crippen molar-refractivity contribution >= 4 is 28.2 Å². The zero-order valence-electron chi connectivity index (χ0n) is 16.8. The number of nitrogens with zero attached hydrogens (tertiary/aromatic N) is 2. The maximum absolute atomic E-state index is 12.6. The number of rotatable bonds is 6. The number of nitrogens with one attached hydrogen (secondary N) is 1. The third-order valence-electron chi connectivity index (χ3n) is 5.07. The molecule has 0 aliphatic heterocycles. The van der Waals surface area contributed by atoms with Crippen LogP contribution in [0.3, 0.4) is 0 Å². The number of aryl methyl sites for hydroxylation is 4. The molecule has 0 radical (unpaired) electrons. The Balaban J connectivity index is 1.36. The van der Waals surface area contributed by atoms with E-state index in [9.17, 15) is 4.79 Å². The summed E-state index contributed by atoms with van der Waals surface area (Å²) < 4.78 is 5.91. The number of benzene rings is 1. The van der Waals surface area contributed by atoms with Gasteiger partial charge in [-0.15, -0.1) is 11.3 Å². The van der Waals surface area contributed by atoms with Crippen molar-refractivity contribution in [2.24, 2.45) is 0 Å². The van der Waals surface area contributed by atoms with Crippen molar-refractivity contribution in [3.63, 3.8) is 0 Å². The minimum absolute atomic E-state index is 0.158. The van der Waals surface area contributed by atoms with Crippen molar-refractivity contribution in [1.82, 2.24) is 15.3 Å². The number of amides is 1. The predicted octanol–water partition coefficient (Wildman–Crippen LogP) is 5.24. The van der Waals surface area contributed by atoms with E-state index in [1.807, 2.05) is 39.0 Å². The van der Waals surface area contributed by atoms with E-state index in [4.69, 9.17) is 4.42 Å². The van der Waals surface area contributed by atoms with E-state index in [0.717, 1.165) is 56.8 Å². The first-order valence-electron chi connectivity index (χ1n) is 9.67. The van der Waals surface area contributed by atoms with Gasteiger partial charge >= 0.3 is 0 Å². The quantitative estimate of drug-likeness (QED) is 0.446. The van der Waals surface area contributed by atoms with Crippen molar-refractivity contribution in [2.75, 3.05) is 6.54 Å². The second-order valence-electron chi connectivity index (χ2n) is 7.18. The highest BCUT2D eigenvalue weighted by atomic mass is 32.1. The van der Waals surface area contributed by atoms with Gasteiger partial charge in [0, 0.05) is 47.3 Å². The van der Waals surface area contributed by atoms with Crippen molar-refractivity contribution < 1.29 is 9.21 Å². The molecular weight excluding hydrogens is 382 g/mol.